The number of alkyl halides is 3. The smallest absolute Gasteiger partial charge is 0.406 e. The van der Waals surface area contributed by atoms with E-state index in [2.05, 4.69) is 9.46 Å². The van der Waals surface area contributed by atoms with E-state index >= 15 is 0 Å². The van der Waals surface area contributed by atoms with Gasteiger partial charge in [0.05, 0.1) is 4.90 Å². The molecule has 0 heterocycles. The Balaban J connectivity index is 2.14. The predicted molar refractivity (Wildman–Crippen MR) is 85.0 cm³/mol. The van der Waals surface area contributed by atoms with Gasteiger partial charge >= 0.3 is 6.36 Å². The van der Waals surface area contributed by atoms with Gasteiger partial charge in [0.15, 0.2) is 5.78 Å². The van der Waals surface area contributed by atoms with Crippen LogP contribution in [0.4, 0.5) is 18.9 Å². The highest BCUT2D eigenvalue weighted by Gasteiger charge is 2.31. The fraction of sp³-hybridized carbons (Fsp3) is 0.188. The van der Waals surface area contributed by atoms with Crippen molar-refractivity contribution in [2.24, 2.45) is 0 Å². The molecule has 0 aliphatic carbocycles. The van der Waals surface area contributed by atoms with Crippen molar-refractivity contribution in [1.29, 1.82) is 0 Å². The largest absolute Gasteiger partial charge is 0.573 e. The van der Waals surface area contributed by atoms with Crippen molar-refractivity contribution in [1.82, 2.24) is 0 Å². The van der Waals surface area contributed by atoms with Crippen LogP contribution in [-0.4, -0.2) is 20.6 Å². The molecule has 2 aromatic rings. The van der Waals surface area contributed by atoms with Crippen LogP contribution in [0.25, 0.3) is 0 Å². The van der Waals surface area contributed by atoms with E-state index in [0.717, 1.165) is 24.3 Å². The number of nitrogens with one attached hydrogen (secondary N) is 1. The summed E-state index contributed by atoms with van der Waals surface area (Å²) in [5, 5.41) is 0. The van der Waals surface area contributed by atoms with Gasteiger partial charge in [0.1, 0.15) is 5.75 Å². The molecule has 0 spiro atoms. The van der Waals surface area contributed by atoms with Crippen LogP contribution in [-0.2, 0) is 10.0 Å². The van der Waals surface area contributed by atoms with Gasteiger partial charge in [-0.05, 0) is 48.5 Å². The standard InChI is InChI=1S/C16H14F3NO4S/c1-2-15(21)11-3-5-12(6-4-11)20-25(22,23)14-9-7-13(8-10-14)24-16(17,18)19/h3-10,20H,2H2,1H3. The molecule has 0 fully saturated rings. The van der Waals surface area contributed by atoms with Gasteiger partial charge in [-0.3, -0.25) is 9.52 Å². The summed E-state index contributed by atoms with van der Waals surface area (Å²) < 4.78 is 66.7. The number of carbonyl (C=O) groups is 1. The minimum Gasteiger partial charge on any atom is -0.406 e. The molecular formula is C16H14F3NO4S. The molecule has 0 atom stereocenters. The van der Waals surface area contributed by atoms with E-state index in [1.807, 2.05) is 0 Å². The van der Waals surface area contributed by atoms with Gasteiger partial charge in [0.25, 0.3) is 10.0 Å². The maximum absolute atomic E-state index is 12.2. The normalized spacial score (nSPS) is 11.8. The number of hydrogen-bond acceptors (Lipinski definition) is 4. The summed E-state index contributed by atoms with van der Waals surface area (Å²) in [6, 6.07) is 9.66. The molecule has 0 saturated carbocycles. The summed E-state index contributed by atoms with van der Waals surface area (Å²) >= 11 is 0. The molecular weight excluding hydrogens is 359 g/mol. The summed E-state index contributed by atoms with van der Waals surface area (Å²) in [6.45, 7) is 1.71. The first-order chi connectivity index (χ1) is 11.6. The zero-order valence-electron chi connectivity index (χ0n) is 13.0. The lowest BCUT2D eigenvalue weighted by Crippen LogP contribution is -2.17. The zero-order chi connectivity index (χ0) is 18.7. The number of ketones is 1. The van der Waals surface area contributed by atoms with Crippen molar-refractivity contribution in [3.05, 3.63) is 54.1 Å². The van der Waals surface area contributed by atoms with Crippen molar-refractivity contribution in [2.75, 3.05) is 4.72 Å². The first kappa shape index (κ1) is 18.8. The van der Waals surface area contributed by atoms with Crippen molar-refractivity contribution < 1.29 is 31.1 Å². The molecule has 134 valence electrons. The van der Waals surface area contributed by atoms with Crippen LogP contribution in [0.2, 0.25) is 0 Å². The van der Waals surface area contributed by atoms with Crippen LogP contribution in [0.1, 0.15) is 23.7 Å². The van der Waals surface area contributed by atoms with Gasteiger partial charge in [-0.15, -0.1) is 13.2 Å². The van der Waals surface area contributed by atoms with Crippen LogP contribution in [0, 0.1) is 0 Å². The van der Waals surface area contributed by atoms with Crippen LogP contribution in [0.3, 0.4) is 0 Å². The van der Waals surface area contributed by atoms with E-state index in [0.29, 0.717) is 12.0 Å². The Morgan fingerprint density at radius 3 is 2.08 bits per heavy atom. The van der Waals surface area contributed by atoms with Crippen molar-refractivity contribution >= 4 is 21.5 Å². The lowest BCUT2D eigenvalue weighted by atomic mass is 10.1. The zero-order valence-corrected chi connectivity index (χ0v) is 13.8. The van der Waals surface area contributed by atoms with Crippen molar-refractivity contribution in [3.63, 3.8) is 0 Å². The molecule has 0 amide bonds. The number of benzene rings is 2. The molecule has 0 aliphatic heterocycles. The molecule has 0 aromatic heterocycles. The van der Waals surface area contributed by atoms with Crippen molar-refractivity contribution in [3.8, 4) is 5.75 Å². The van der Waals surface area contributed by atoms with E-state index < -0.39 is 22.1 Å². The van der Waals surface area contributed by atoms with Gasteiger partial charge in [-0.25, -0.2) is 8.42 Å². The monoisotopic (exact) mass is 373 g/mol. The average Bonchev–Trinajstić information content (AvgIpc) is 2.53. The van der Waals surface area contributed by atoms with Gasteiger partial charge in [0, 0.05) is 17.7 Å². The number of rotatable bonds is 6. The summed E-state index contributed by atoms with van der Waals surface area (Å²) in [4.78, 5) is 11.3. The maximum atomic E-state index is 12.2. The molecule has 0 bridgehead atoms. The highest BCUT2D eigenvalue weighted by atomic mass is 32.2. The van der Waals surface area contributed by atoms with Gasteiger partial charge in [-0.1, -0.05) is 6.92 Å². The van der Waals surface area contributed by atoms with E-state index in [1.54, 1.807) is 6.92 Å². The Kier molecular flexibility index (Phi) is 5.36. The van der Waals surface area contributed by atoms with E-state index in [-0.39, 0.29) is 16.4 Å². The summed E-state index contributed by atoms with van der Waals surface area (Å²) in [5.74, 6) is -0.594. The van der Waals surface area contributed by atoms with Gasteiger partial charge < -0.3 is 4.74 Å². The molecule has 25 heavy (non-hydrogen) atoms. The minimum absolute atomic E-state index is 0.0744. The highest BCUT2D eigenvalue weighted by Crippen LogP contribution is 2.24. The Morgan fingerprint density at radius 1 is 1.04 bits per heavy atom. The number of halogens is 3. The summed E-state index contributed by atoms with van der Waals surface area (Å²) in [7, 11) is -3.98. The number of sulfonamides is 1. The molecule has 2 aromatic carbocycles. The fourth-order valence-electron chi connectivity index (χ4n) is 1.96. The van der Waals surface area contributed by atoms with Crippen LogP contribution < -0.4 is 9.46 Å². The molecule has 9 heteroatoms. The predicted octanol–water partition coefficient (Wildman–Crippen LogP) is 3.98. The second kappa shape index (κ2) is 7.14. The van der Waals surface area contributed by atoms with Gasteiger partial charge in [0.2, 0.25) is 0 Å². The SMILES string of the molecule is CCC(=O)c1ccc(NS(=O)(=O)c2ccc(OC(F)(F)F)cc2)cc1. The Labute approximate surface area is 142 Å². The maximum Gasteiger partial charge on any atom is 0.573 e. The molecule has 0 saturated heterocycles. The minimum atomic E-state index is -4.85. The van der Waals surface area contributed by atoms with Crippen LogP contribution >= 0.6 is 0 Å². The molecule has 0 aliphatic rings. The first-order valence-corrected chi connectivity index (χ1v) is 8.61. The fourth-order valence-corrected chi connectivity index (χ4v) is 3.02. The number of Topliss-reactive ketones (excluding diaryl/α,β-unsaturated/α-hetero) is 1. The van der Waals surface area contributed by atoms with E-state index in [1.165, 1.54) is 24.3 Å². The second-order valence-electron chi connectivity index (χ2n) is 4.98. The van der Waals surface area contributed by atoms with E-state index in [9.17, 15) is 26.4 Å². The number of hydrogen-bond donors (Lipinski definition) is 1. The Morgan fingerprint density at radius 2 is 1.60 bits per heavy atom. The molecule has 0 unspecified atom stereocenters. The van der Waals surface area contributed by atoms with Crippen molar-refractivity contribution in [2.45, 2.75) is 24.6 Å². The first-order valence-electron chi connectivity index (χ1n) is 7.12. The third-order valence-electron chi connectivity index (χ3n) is 3.15. The summed E-state index contributed by atoms with van der Waals surface area (Å²) in [6.07, 6.45) is -4.52. The number of anilines is 1. The third-order valence-corrected chi connectivity index (χ3v) is 4.55. The quantitative estimate of drug-likeness (QED) is 0.778. The highest BCUT2D eigenvalue weighted by molar-refractivity contribution is 7.92. The average molecular weight is 373 g/mol. The number of ether oxygens (including phenoxy) is 1. The molecule has 0 radical (unpaired) electrons. The van der Waals surface area contributed by atoms with Gasteiger partial charge in [-0.2, -0.15) is 0 Å². The Hall–Kier alpha value is -2.55. The Bertz CT molecular complexity index is 844. The molecule has 1 N–H and O–H groups in total. The number of carbonyl (C=O) groups excluding carboxylic acids is 1. The topological polar surface area (TPSA) is 72.5 Å². The summed E-state index contributed by atoms with van der Waals surface area (Å²) in [5.41, 5.74) is 0.683. The van der Waals surface area contributed by atoms with Crippen LogP contribution in [0.15, 0.2) is 53.4 Å². The molecule has 5 nitrogen and oxygen atoms in total. The third kappa shape index (κ3) is 5.21. The second-order valence-corrected chi connectivity index (χ2v) is 6.66. The lowest BCUT2D eigenvalue weighted by Gasteiger charge is -2.11. The van der Waals surface area contributed by atoms with E-state index in [4.69, 9.17) is 0 Å². The lowest BCUT2D eigenvalue weighted by molar-refractivity contribution is -0.274. The van der Waals surface area contributed by atoms with Crippen LogP contribution in [0.5, 0.6) is 5.75 Å². The molecule has 2 rings (SSSR count).